The van der Waals surface area contributed by atoms with Crippen molar-refractivity contribution in [3.8, 4) is 5.75 Å². The SMILES string of the molecule is COc1ccc(C(=O)O[C@@H]2C=C(C)CC[C@]3(O)[C@@H](C(C)C)CC(=O)[C@]23C)cc1. The van der Waals surface area contributed by atoms with Crippen LogP contribution in [0.1, 0.15) is 57.3 Å². The Labute approximate surface area is 166 Å². The number of carbonyl (C=O) groups excluding carboxylic acids is 2. The average Bonchev–Trinajstić information content (AvgIpc) is 2.82. The maximum Gasteiger partial charge on any atom is 0.338 e. The summed E-state index contributed by atoms with van der Waals surface area (Å²) < 4.78 is 11.0. The molecule has 1 saturated carbocycles. The van der Waals surface area contributed by atoms with Crippen molar-refractivity contribution in [1.82, 2.24) is 0 Å². The summed E-state index contributed by atoms with van der Waals surface area (Å²) in [5.74, 6) is 0.114. The lowest BCUT2D eigenvalue weighted by Gasteiger charge is -2.44. The van der Waals surface area contributed by atoms with Gasteiger partial charge in [-0.15, -0.1) is 0 Å². The smallest absolute Gasteiger partial charge is 0.338 e. The zero-order chi connectivity index (χ0) is 20.7. The first-order valence-corrected chi connectivity index (χ1v) is 9.91. The number of benzene rings is 1. The van der Waals surface area contributed by atoms with Crippen molar-refractivity contribution in [2.24, 2.45) is 17.3 Å². The third-order valence-corrected chi connectivity index (χ3v) is 6.77. The molecule has 152 valence electrons. The van der Waals surface area contributed by atoms with Crippen LogP contribution in [0, 0.1) is 17.3 Å². The Hall–Kier alpha value is -2.14. The maximum atomic E-state index is 13.1. The number of hydrogen-bond donors (Lipinski definition) is 1. The Morgan fingerprint density at radius 1 is 1.25 bits per heavy atom. The predicted molar refractivity (Wildman–Crippen MR) is 106 cm³/mol. The fourth-order valence-corrected chi connectivity index (χ4v) is 4.80. The molecule has 0 aliphatic heterocycles. The lowest BCUT2D eigenvalue weighted by atomic mass is 9.65. The van der Waals surface area contributed by atoms with Crippen LogP contribution < -0.4 is 4.74 Å². The van der Waals surface area contributed by atoms with Crippen molar-refractivity contribution in [1.29, 1.82) is 0 Å². The molecule has 0 spiro atoms. The summed E-state index contributed by atoms with van der Waals surface area (Å²) in [4.78, 5) is 25.9. The van der Waals surface area contributed by atoms with Crippen molar-refractivity contribution in [2.45, 2.75) is 58.7 Å². The molecule has 0 heterocycles. The van der Waals surface area contributed by atoms with Gasteiger partial charge in [0.15, 0.2) is 0 Å². The molecule has 1 aromatic carbocycles. The van der Waals surface area contributed by atoms with E-state index >= 15 is 0 Å². The Kier molecular flexibility index (Phi) is 5.41. The van der Waals surface area contributed by atoms with Gasteiger partial charge in [0.25, 0.3) is 0 Å². The molecule has 1 aromatic rings. The second kappa shape index (κ2) is 7.36. The van der Waals surface area contributed by atoms with Gasteiger partial charge in [-0.1, -0.05) is 19.4 Å². The molecule has 28 heavy (non-hydrogen) atoms. The number of allylic oxidation sites excluding steroid dienone is 1. The summed E-state index contributed by atoms with van der Waals surface area (Å²) in [5.41, 5.74) is -0.944. The second-order valence-electron chi connectivity index (χ2n) is 8.67. The zero-order valence-electron chi connectivity index (χ0n) is 17.3. The minimum atomic E-state index is -1.20. The predicted octanol–water partition coefficient (Wildman–Crippen LogP) is 3.94. The van der Waals surface area contributed by atoms with E-state index < -0.39 is 23.1 Å². The van der Waals surface area contributed by atoms with E-state index in [1.54, 1.807) is 38.3 Å². The topological polar surface area (TPSA) is 72.8 Å². The van der Waals surface area contributed by atoms with Gasteiger partial charge in [0.05, 0.1) is 23.7 Å². The van der Waals surface area contributed by atoms with Crippen LogP contribution in [0.4, 0.5) is 0 Å². The third kappa shape index (κ3) is 3.16. The quantitative estimate of drug-likeness (QED) is 0.627. The van der Waals surface area contributed by atoms with Crippen LogP contribution >= 0.6 is 0 Å². The van der Waals surface area contributed by atoms with Crippen LogP contribution in [0.3, 0.4) is 0 Å². The highest BCUT2D eigenvalue weighted by molar-refractivity contribution is 5.93. The molecule has 2 aliphatic carbocycles. The Morgan fingerprint density at radius 2 is 1.89 bits per heavy atom. The molecule has 3 rings (SSSR count). The van der Waals surface area contributed by atoms with E-state index in [1.165, 1.54) is 0 Å². The number of aliphatic hydroxyl groups is 1. The van der Waals surface area contributed by atoms with Crippen LogP contribution in [0.2, 0.25) is 0 Å². The van der Waals surface area contributed by atoms with Gasteiger partial charge in [-0.05, 0) is 68.9 Å². The molecule has 0 bridgehead atoms. The number of carbonyl (C=O) groups is 2. The minimum absolute atomic E-state index is 0.0350. The first-order valence-electron chi connectivity index (χ1n) is 9.91. The number of esters is 1. The Bertz CT molecular complexity index is 794. The first-order chi connectivity index (χ1) is 13.1. The van der Waals surface area contributed by atoms with E-state index in [-0.39, 0.29) is 17.6 Å². The number of ketones is 1. The molecule has 0 aromatic heterocycles. The lowest BCUT2D eigenvalue weighted by Crippen LogP contribution is -2.56. The fourth-order valence-electron chi connectivity index (χ4n) is 4.80. The lowest BCUT2D eigenvalue weighted by molar-refractivity contribution is -0.155. The summed E-state index contributed by atoms with van der Waals surface area (Å²) in [5, 5.41) is 11.7. The first kappa shape index (κ1) is 20.6. The number of Topliss-reactive ketones (excluding diaryl/α,β-unsaturated/α-hetero) is 1. The van der Waals surface area contributed by atoms with Gasteiger partial charge < -0.3 is 14.6 Å². The molecule has 1 N–H and O–H groups in total. The van der Waals surface area contributed by atoms with E-state index in [2.05, 4.69) is 0 Å². The standard InChI is InChI=1S/C23H30O5/c1-14(2)18-13-19(24)22(4)20(12-15(3)10-11-23(18,22)26)28-21(25)16-6-8-17(27-5)9-7-16/h6-9,12,14,18,20,26H,10-11,13H2,1-5H3/t18-,20-,22-,23+/m1/s1. The normalized spacial score (nSPS) is 32.5. The molecule has 0 unspecified atom stereocenters. The molecule has 0 radical (unpaired) electrons. The molecule has 2 aliphatic rings. The highest BCUT2D eigenvalue weighted by Crippen LogP contribution is 2.56. The van der Waals surface area contributed by atoms with Crippen molar-refractivity contribution in [2.75, 3.05) is 7.11 Å². The average molecular weight is 386 g/mol. The van der Waals surface area contributed by atoms with Gasteiger partial charge in [0.1, 0.15) is 17.6 Å². The van der Waals surface area contributed by atoms with E-state index in [9.17, 15) is 14.7 Å². The Morgan fingerprint density at radius 3 is 2.46 bits per heavy atom. The number of methoxy groups -OCH3 is 1. The third-order valence-electron chi connectivity index (χ3n) is 6.77. The Balaban J connectivity index is 1.96. The summed E-state index contributed by atoms with van der Waals surface area (Å²) >= 11 is 0. The number of hydrogen-bond acceptors (Lipinski definition) is 5. The molecular weight excluding hydrogens is 356 g/mol. The number of rotatable bonds is 4. The van der Waals surface area contributed by atoms with Crippen LogP contribution in [0.25, 0.3) is 0 Å². The maximum absolute atomic E-state index is 13.1. The zero-order valence-corrected chi connectivity index (χ0v) is 17.3. The minimum Gasteiger partial charge on any atom is -0.497 e. The van der Waals surface area contributed by atoms with Crippen molar-refractivity contribution in [3.63, 3.8) is 0 Å². The summed E-state index contributed by atoms with van der Waals surface area (Å²) in [6, 6.07) is 6.66. The van der Waals surface area contributed by atoms with Gasteiger partial charge in [-0.3, -0.25) is 4.79 Å². The molecular formula is C23H30O5. The molecule has 1 fully saturated rings. The van der Waals surface area contributed by atoms with Gasteiger partial charge in [0.2, 0.25) is 0 Å². The molecule has 5 heteroatoms. The molecule has 5 nitrogen and oxygen atoms in total. The summed E-state index contributed by atoms with van der Waals surface area (Å²) in [6.07, 6.45) is 2.54. The summed E-state index contributed by atoms with van der Waals surface area (Å²) in [6.45, 7) is 7.78. The fraction of sp³-hybridized carbons (Fsp3) is 0.565. The second-order valence-corrected chi connectivity index (χ2v) is 8.67. The van der Waals surface area contributed by atoms with Gasteiger partial charge in [0, 0.05) is 6.42 Å². The monoisotopic (exact) mass is 386 g/mol. The molecule has 4 atom stereocenters. The van der Waals surface area contributed by atoms with E-state index in [1.807, 2.05) is 26.8 Å². The van der Waals surface area contributed by atoms with Gasteiger partial charge in [-0.25, -0.2) is 4.79 Å². The van der Waals surface area contributed by atoms with E-state index in [0.717, 1.165) is 5.57 Å². The van der Waals surface area contributed by atoms with Gasteiger partial charge >= 0.3 is 5.97 Å². The highest BCUT2D eigenvalue weighted by Gasteiger charge is 2.66. The van der Waals surface area contributed by atoms with Crippen LogP contribution in [-0.2, 0) is 9.53 Å². The van der Waals surface area contributed by atoms with Crippen LogP contribution in [0.5, 0.6) is 5.75 Å². The summed E-state index contributed by atoms with van der Waals surface area (Å²) in [7, 11) is 1.56. The van der Waals surface area contributed by atoms with E-state index in [4.69, 9.17) is 9.47 Å². The highest BCUT2D eigenvalue weighted by atomic mass is 16.5. The largest absolute Gasteiger partial charge is 0.497 e. The number of ether oxygens (including phenoxy) is 2. The molecule has 0 amide bonds. The number of fused-ring (bicyclic) bond motifs is 1. The van der Waals surface area contributed by atoms with Gasteiger partial charge in [-0.2, -0.15) is 0 Å². The van der Waals surface area contributed by atoms with Crippen LogP contribution in [-0.4, -0.2) is 35.7 Å². The van der Waals surface area contributed by atoms with Crippen molar-refractivity contribution in [3.05, 3.63) is 41.5 Å². The van der Waals surface area contributed by atoms with E-state index in [0.29, 0.717) is 30.6 Å². The van der Waals surface area contributed by atoms with Crippen molar-refractivity contribution >= 4 is 11.8 Å². The van der Waals surface area contributed by atoms with Crippen LogP contribution in [0.15, 0.2) is 35.9 Å². The molecule has 0 saturated heterocycles. The van der Waals surface area contributed by atoms with Crippen molar-refractivity contribution < 1.29 is 24.2 Å².